The third kappa shape index (κ3) is 2.32. The highest BCUT2D eigenvalue weighted by molar-refractivity contribution is 7.99. The number of H-pyrrole nitrogens is 1. The number of thioether (sulfide) groups is 1. The Hall–Kier alpha value is -1.56. The van der Waals surface area contributed by atoms with Gasteiger partial charge in [0.25, 0.3) is 0 Å². The molecular formula is C13H13FN2O2S. The van der Waals surface area contributed by atoms with Gasteiger partial charge in [0.15, 0.2) is 0 Å². The van der Waals surface area contributed by atoms with Crippen molar-refractivity contribution in [2.24, 2.45) is 0 Å². The number of rotatable bonds is 2. The Labute approximate surface area is 113 Å². The highest BCUT2D eigenvalue weighted by atomic mass is 32.2. The summed E-state index contributed by atoms with van der Waals surface area (Å²) in [6, 6.07) is 2.50. The first kappa shape index (κ1) is 12.5. The maximum Gasteiger partial charge on any atom is 0.338 e. The summed E-state index contributed by atoms with van der Waals surface area (Å²) in [6.45, 7) is 0. The maximum atomic E-state index is 13.6. The van der Waals surface area contributed by atoms with Crippen molar-refractivity contribution in [3.63, 3.8) is 0 Å². The van der Waals surface area contributed by atoms with E-state index >= 15 is 0 Å². The zero-order valence-corrected chi connectivity index (χ0v) is 11.0. The summed E-state index contributed by atoms with van der Waals surface area (Å²) in [5, 5.41) is 9.20. The molecule has 4 nitrogen and oxygen atoms in total. The van der Waals surface area contributed by atoms with E-state index in [1.54, 1.807) is 0 Å². The van der Waals surface area contributed by atoms with E-state index in [0.717, 1.165) is 18.0 Å². The van der Waals surface area contributed by atoms with Crippen molar-refractivity contribution >= 4 is 28.8 Å². The molecule has 1 fully saturated rings. The van der Waals surface area contributed by atoms with Gasteiger partial charge in [0.05, 0.1) is 21.8 Å². The van der Waals surface area contributed by atoms with E-state index < -0.39 is 11.8 Å². The number of imidazole rings is 1. The third-order valence-corrected chi connectivity index (χ3v) is 4.69. The van der Waals surface area contributed by atoms with Gasteiger partial charge >= 0.3 is 5.97 Å². The minimum atomic E-state index is -1.27. The number of aromatic amines is 1. The number of aromatic nitrogens is 2. The maximum absolute atomic E-state index is 13.6. The molecule has 1 aromatic carbocycles. The second-order valence-corrected chi connectivity index (χ2v) is 5.94. The zero-order valence-electron chi connectivity index (χ0n) is 10.1. The van der Waals surface area contributed by atoms with Gasteiger partial charge in [-0.15, -0.1) is 0 Å². The van der Waals surface area contributed by atoms with Crippen LogP contribution in [0.4, 0.5) is 4.39 Å². The number of hydrogen-bond acceptors (Lipinski definition) is 3. The van der Waals surface area contributed by atoms with Crippen LogP contribution in [0.25, 0.3) is 11.0 Å². The van der Waals surface area contributed by atoms with Gasteiger partial charge in [-0.05, 0) is 24.7 Å². The van der Waals surface area contributed by atoms with E-state index in [2.05, 4.69) is 9.97 Å². The molecule has 0 saturated carbocycles. The first-order chi connectivity index (χ1) is 9.15. The number of benzene rings is 1. The minimum absolute atomic E-state index is 0.303. The van der Waals surface area contributed by atoms with Gasteiger partial charge in [-0.2, -0.15) is 11.8 Å². The molecule has 1 unspecified atom stereocenters. The van der Waals surface area contributed by atoms with E-state index in [1.165, 1.54) is 25.0 Å². The first-order valence-corrected chi connectivity index (χ1v) is 7.24. The van der Waals surface area contributed by atoms with Crippen molar-refractivity contribution in [2.45, 2.75) is 24.5 Å². The van der Waals surface area contributed by atoms with Crippen LogP contribution >= 0.6 is 11.8 Å². The van der Waals surface area contributed by atoms with Gasteiger partial charge in [-0.25, -0.2) is 14.2 Å². The Morgan fingerprint density at radius 2 is 2.32 bits per heavy atom. The summed E-state index contributed by atoms with van der Waals surface area (Å²) in [6.07, 6.45) is 3.45. The molecule has 0 bridgehead atoms. The average Bonchev–Trinajstić information content (AvgIpc) is 2.81. The molecule has 1 aromatic heterocycles. The number of nitrogens with one attached hydrogen (secondary N) is 1. The topological polar surface area (TPSA) is 66.0 Å². The molecule has 3 rings (SSSR count). The summed E-state index contributed by atoms with van der Waals surface area (Å²) in [5.41, 5.74) is 0.741. The summed E-state index contributed by atoms with van der Waals surface area (Å²) < 4.78 is 13.6. The Morgan fingerprint density at radius 3 is 3.00 bits per heavy atom. The molecule has 0 aliphatic carbocycles. The fraction of sp³-hybridized carbons (Fsp3) is 0.385. The molecule has 2 aromatic rings. The first-order valence-electron chi connectivity index (χ1n) is 6.19. The number of halogens is 1. The fourth-order valence-corrected chi connectivity index (χ4v) is 3.58. The lowest BCUT2D eigenvalue weighted by Gasteiger charge is -2.18. The Morgan fingerprint density at radius 1 is 1.47 bits per heavy atom. The fourth-order valence-electron chi connectivity index (χ4n) is 2.32. The molecule has 0 amide bonds. The molecule has 2 heterocycles. The Bertz CT molecular complexity index is 635. The van der Waals surface area contributed by atoms with Crippen molar-refractivity contribution in [3.05, 3.63) is 29.3 Å². The van der Waals surface area contributed by atoms with E-state index in [9.17, 15) is 9.18 Å². The van der Waals surface area contributed by atoms with Gasteiger partial charge in [0.1, 0.15) is 11.6 Å². The predicted octanol–water partition coefficient (Wildman–Crippen LogP) is 3.36. The molecule has 1 aliphatic heterocycles. The van der Waals surface area contributed by atoms with Crippen LogP contribution in [0.2, 0.25) is 0 Å². The largest absolute Gasteiger partial charge is 0.478 e. The summed E-state index contributed by atoms with van der Waals surface area (Å²) in [4.78, 5) is 18.4. The lowest BCUT2D eigenvalue weighted by atomic mass is 10.2. The normalized spacial score (nSPS) is 19.7. The molecule has 1 aliphatic rings. The van der Waals surface area contributed by atoms with E-state index in [4.69, 9.17) is 5.11 Å². The number of fused-ring (bicyclic) bond motifs is 1. The number of carbonyl (C=O) groups is 1. The quantitative estimate of drug-likeness (QED) is 0.885. The molecule has 1 atom stereocenters. The summed E-state index contributed by atoms with van der Waals surface area (Å²) in [7, 11) is 0. The SMILES string of the molecule is O=C(O)c1cc2nc(C3CCCCS3)[nH]c2cc1F. The van der Waals surface area contributed by atoms with Gasteiger partial charge in [-0.3, -0.25) is 0 Å². The van der Waals surface area contributed by atoms with Crippen LogP contribution in [0.15, 0.2) is 12.1 Å². The van der Waals surface area contributed by atoms with Crippen molar-refractivity contribution < 1.29 is 14.3 Å². The van der Waals surface area contributed by atoms with Crippen LogP contribution < -0.4 is 0 Å². The number of hydrogen-bond donors (Lipinski definition) is 2. The van der Waals surface area contributed by atoms with Crippen molar-refractivity contribution in [1.82, 2.24) is 9.97 Å². The van der Waals surface area contributed by atoms with Crippen LogP contribution in [-0.2, 0) is 0 Å². The molecule has 100 valence electrons. The Balaban J connectivity index is 2.02. The van der Waals surface area contributed by atoms with E-state index in [1.807, 2.05) is 11.8 Å². The number of nitrogens with zero attached hydrogens (tertiary/aromatic N) is 1. The van der Waals surface area contributed by atoms with Crippen LogP contribution in [0, 0.1) is 5.82 Å². The zero-order chi connectivity index (χ0) is 13.4. The molecule has 0 spiro atoms. The van der Waals surface area contributed by atoms with Crippen LogP contribution in [0.1, 0.15) is 40.7 Å². The van der Waals surface area contributed by atoms with Crippen LogP contribution in [-0.4, -0.2) is 26.8 Å². The average molecular weight is 280 g/mol. The Kier molecular flexibility index (Phi) is 3.18. The van der Waals surface area contributed by atoms with Crippen LogP contribution in [0.3, 0.4) is 0 Å². The molecule has 0 radical (unpaired) electrons. The third-order valence-electron chi connectivity index (χ3n) is 3.30. The van der Waals surface area contributed by atoms with E-state index in [-0.39, 0.29) is 5.56 Å². The van der Waals surface area contributed by atoms with Gasteiger partial charge in [-0.1, -0.05) is 6.42 Å². The predicted molar refractivity (Wildman–Crippen MR) is 72.1 cm³/mol. The van der Waals surface area contributed by atoms with Crippen molar-refractivity contribution in [3.8, 4) is 0 Å². The smallest absolute Gasteiger partial charge is 0.338 e. The standard InChI is InChI=1S/C13H13FN2O2S/c14-8-6-10-9(5-7(8)13(17)18)15-12(16-10)11-3-1-2-4-19-11/h5-6,11H,1-4H2,(H,15,16)(H,17,18). The molecule has 6 heteroatoms. The lowest BCUT2D eigenvalue weighted by Crippen LogP contribution is -2.03. The lowest BCUT2D eigenvalue weighted by molar-refractivity contribution is 0.0692. The summed E-state index contributed by atoms with van der Waals surface area (Å²) >= 11 is 1.84. The number of carboxylic acids is 1. The highest BCUT2D eigenvalue weighted by Gasteiger charge is 2.20. The second-order valence-electron chi connectivity index (χ2n) is 4.63. The van der Waals surface area contributed by atoms with Gasteiger partial charge in [0.2, 0.25) is 0 Å². The molecule has 19 heavy (non-hydrogen) atoms. The van der Waals surface area contributed by atoms with Crippen LogP contribution in [0.5, 0.6) is 0 Å². The minimum Gasteiger partial charge on any atom is -0.478 e. The van der Waals surface area contributed by atoms with Gasteiger partial charge < -0.3 is 10.1 Å². The summed E-state index contributed by atoms with van der Waals surface area (Å²) in [5.74, 6) is -0.0691. The van der Waals surface area contributed by atoms with E-state index in [0.29, 0.717) is 16.3 Å². The van der Waals surface area contributed by atoms with Gasteiger partial charge in [0, 0.05) is 6.07 Å². The number of aromatic carboxylic acids is 1. The van der Waals surface area contributed by atoms with Crippen molar-refractivity contribution in [2.75, 3.05) is 5.75 Å². The molecule has 2 N–H and O–H groups in total. The molecular weight excluding hydrogens is 267 g/mol. The second kappa shape index (κ2) is 4.85. The highest BCUT2D eigenvalue weighted by Crippen LogP contribution is 2.37. The number of carboxylic acid groups (broad SMARTS) is 1. The van der Waals surface area contributed by atoms with Crippen molar-refractivity contribution in [1.29, 1.82) is 0 Å². The monoisotopic (exact) mass is 280 g/mol. The molecule has 1 saturated heterocycles.